The molecule has 0 saturated carbocycles. The fourth-order valence-electron chi connectivity index (χ4n) is 2.61. The Kier molecular flexibility index (Phi) is 7.62. The van der Waals surface area contributed by atoms with Gasteiger partial charge in [-0.1, -0.05) is 18.7 Å². The molecular weight excluding hydrogens is 326 g/mol. The largest absolute Gasteiger partial charge is 0.497 e. The number of ether oxygens (including phenoxy) is 3. The lowest BCUT2D eigenvalue weighted by molar-refractivity contribution is 0.294. The second-order valence-electron chi connectivity index (χ2n) is 5.69. The quantitative estimate of drug-likeness (QED) is 0.577. The zero-order valence-corrected chi connectivity index (χ0v) is 15.6. The van der Waals surface area contributed by atoms with Gasteiger partial charge < -0.3 is 19.5 Å². The summed E-state index contributed by atoms with van der Waals surface area (Å²) in [5.74, 6) is 2.35. The highest BCUT2D eigenvalue weighted by Crippen LogP contribution is 2.34. The van der Waals surface area contributed by atoms with Crippen molar-refractivity contribution >= 4 is 5.69 Å². The summed E-state index contributed by atoms with van der Waals surface area (Å²) < 4.78 is 16.8. The van der Waals surface area contributed by atoms with E-state index in [0.717, 1.165) is 34.1 Å². The van der Waals surface area contributed by atoms with Crippen LogP contribution in [-0.2, 0) is 13.0 Å². The van der Waals surface area contributed by atoms with Crippen molar-refractivity contribution in [1.29, 1.82) is 0 Å². The fraction of sp³-hybridized carbons (Fsp3) is 0.273. The zero-order chi connectivity index (χ0) is 18.8. The molecule has 0 saturated heterocycles. The molecule has 4 nitrogen and oxygen atoms in total. The number of hydrogen-bond donors (Lipinski definition) is 1. The van der Waals surface area contributed by atoms with E-state index in [9.17, 15) is 0 Å². The average Bonchev–Trinajstić information content (AvgIpc) is 2.66. The Morgan fingerprint density at radius 3 is 2.42 bits per heavy atom. The molecule has 2 rings (SSSR count). The number of allylic oxidation sites excluding steroid dienone is 1. The van der Waals surface area contributed by atoms with Crippen molar-refractivity contribution in [2.75, 3.05) is 25.6 Å². The predicted molar refractivity (Wildman–Crippen MR) is 108 cm³/mol. The van der Waals surface area contributed by atoms with Crippen LogP contribution in [0.25, 0.3) is 0 Å². The maximum Gasteiger partial charge on any atom is 0.165 e. The molecule has 0 aliphatic heterocycles. The summed E-state index contributed by atoms with van der Waals surface area (Å²) in [6, 6.07) is 12.0. The van der Waals surface area contributed by atoms with Crippen molar-refractivity contribution in [3.05, 3.63) is 72.8 Å². The number of benzene rings is 2. The van der Waals surface area contributed by atoms with E-state index in [1.807, 2.05) is 43.3 Å². The number of rotatable bonds is 11. The van der Waals surface area contributed by atoms with Gasteiger partial charge in [-0.15, -0.1) is 6.58 Å². The standard InChI is InChI=1S/C22H27NO3/c1-5-8-18-14-17(15-21(25-7-3)22(18)26-13-6-2)16-23-19-9-11-20(24-4)12-10-19/h5-6,9-12,14-15,23H,1-2,7-8,13,16H2,3-4H3. The van der Waals surface area contributed by atoms with Gasteiger partial charge in [-0.25, -0.2) is 0 Å². The number of methoxy groups -OCH3 is 1. The Hall–Kier alpha value is -2.88. The van der Waals surface area contributed by atoms with E-state index >= 15 is 0 Å². The van der Waals surface area contributed by atoms with E-state index in [0.29, 0.717) is 26.2 Å². The first-order chi connectivity index (χ1) is 12.7. The molecule has 2 aromatic rings. The van der Waals surface area contributed by atoms with Crippen LogP contribution in [0, 0.1) is 0 Å². The van der Waals surface area contributed by atoms with Gasteiger partial charge in [0.1, 0.15) is 12.4 Å². The Balaban J connectivity index is 2.22. The molecule has 138 valence electrons. The first kappa shape index (κ1) is 19.4. The average molecular weight is 353 g/mol. The molecular formula is C22H27NO3. The molecule has 0 unspecified atom stereocenters. The minimum atomic E-state index is 0.438. The number of anilines is 1. The highest BCUT2D eigenvalue weighted by molar-refractivity contribution is 5.52. The number of nitrogens with one attached hydrogen (secondary N) is 1. The van der Waals surface area contributed by atoms with Crippen LogP contribution in [0.15, 0.2) is 61.7 Å². The minimum Gasteiger partial charge on any atom is -0.497 e. The SMILES string of the molecule is C=CCOc1c(CC=C)cc(CNc2ccc(OC)cc2)cc1OCC. The van der Waals surface area contributed by atoms with Crippen molar-refractivity contribution in [2.24, 2.45) is 0 Å². The molecule has 1 N–H and O–H groups in total. The van der Waals surface area contributed by atoms with Crippen LogP contribution in [0.1, 0.15) is 18.1 Å². The smallest absolute Gasteiger partial charge is 0.165 e. The molecule has 0 spiro atoms. The predicted octanol–water partition coefficient (Wildman–Crippen LogP) is 5.00. The molecule has 0 radical (unpaired) electrons. The third kappa shape index (κ3) is 5.31. The van der Waals surface area contributed by atoms with Crippen LogP contribution >= 0.6 is 0 Å². The summed E-state index contributed by atoms with van der Waals surface area (Å²) >= 11 is 0. The summed E-state index contributed by atoms with van der Waals surface area (Å²) in [6.45, 7) is 11.2. The van der Waals surface area contributed by atoms with Crippen LogP contribution < -0.4 is 19.5 Å². The maximum atomic E-state index is 5.84. The van der Waals surface area contributed by atoms with E-state index in [2.05, 4.69) is 24.5 Å². The van der Waals surface area contributed by atoms with Gasteiger partial charge in [-0.05, 0) is 55.3 Å². The van der Waals surface area contributed by atoms with Crippen LogP contribution in [0.4, 0.5) is 5.69 Å². The molecule has 4 heteroatoms. The second kappa shape index (κ2) is 10.2. The van der Waals surface area contributed by atoms with Crippen LogP contribution in [0.3, 0.4) is 0 Å². The molecule has 0 amide bonds. The van der Waals surface area contributed by atoms with E-state index in [-0.39, 0.29) is 0 Å². The molecule has 2 aromatic carbocycles. The first-order valence-corrected chi connectivity index (χ1v) is 8.72. The summed E-state index contributed by atoms with van der Waals surface area (Å²) in [5, 5.41) is 3.42. The number of hydrogen-bond acceptors (Lipinski definition) is 4. The van der Waals surface area contributed by atoms with Crippen molar-refractivity contribution in [3.8, 4) is 17.2 Å². The van der Waals surface area contributed by atoms with Gasteiger partial charge in [0, 0.05) is 17.8 Å². The van der Waals surface area contributed by atoms with Crippen LogP contribution in [-0.4, -0.2) is 20.3 Å². The van der Waals surface area contributed by atoms with E-state index in [1.54, 1.807) is 13.2 Å². The van der Waals surface area contributed by atoms with E-state index < -0.39 is 0 Å². The summed E-state index contributed by atoms with van der Waals surface area (Å²) in [7, 11) is 1.66. The summed E-state index contributed by atoms with van der Waals surface area (Å²) in [4.78, 5) is 0. The Morgan fingerprint density at radius 2 is 1.81 bits per heavy atom. The third-order valence-electron chi connectivity index (χ3n) is 3.79. The molecule has 26 heavy (non-hydrogen) atoms. The zero-order valence-electron chi connectivity index (χ0n) is 15.6. The Bertz CT molecular complexity index is 723. The highest BCUT2D eigenvalue weighted by atomic mass is 16.5. The van der Waals surface area contributed by atoms with Gasteiger partial charge in [0.2, 0.25) is 0 Å². The second-order valence-corrected chi connectivity index (χ2v) is 5.69. The van der Waals surface area contributed by atoms with Crippen LogP contribution in [0.2, 0.25) is 0 Å². The lowest BCUT2D eigenvalue weighted by Gasteiger charge is -2.17. The molecule has 0 atom stereocenters. The Labute approximate surface area is 156 Å². The van der Waals surface area contributed by atoms with Crippen LogP contribution in [0.5, 0.6) is 17.2 Å². The molecule has 0 fully saturated rings. The highest BCUT2D eigenvalue weighted by Gasteiger charge is 2.13. The molecule has 0 heterocycles. The Morgan fingerprint density at radius 1 is 1.04 bits per heavy atom. The maximum absolute atomic E-state index is 5.84. The summed E-state index contributed by atoms with van der Waals surface area (Å²) in [5.41, 5.74) is 3.20. The molecule has 0 bridgehead atoms. The fourth-order valence-corrected chi connectivity index (χ4v) is 2.61. The molecule has 0 aliphatic rings. The van der Waals surface area contributed by atoms with E-state index in [4.69, 9.17) is 14.2 Å². The third-order valence-corrected chi connectivity index (χ3v) is 3.79. The molecule has 0 aromatic heterocycles. The van der Waals surface area contributed by atoms with Gasteiger partial charge in [-0.2, -0.15) is 0 Å². The lowest BCUT2D eigenvalue weighted by Crippen LogP contribution is -2.06. The van der Waals surface area contributed by atoms with Crippen molar-refractivity contribution in [1.82, 2.24) is 0 Å². The first-order valence-electron chi connectivity index (χ1n) is 8.72. The van der Waals surface area contributed by atoms with Gasteiger partial charge in [0.15, 0.2) is 11.5 Å². The monoisotopic (exact) mass is 353 g/mol. The van der Waals surface area contributed by atoms with Gasteiger partial charge >= 0.3 is 0 Å². The summed E-state index contributed by atoms with van der Waals surface area (Å²) in [6.07, 6.45) is 4.31. The van der Waals surface area contributed by atoms with Crippen molar-refractivity contribution in [3.63, 3.8) is 0 Å². The lowest BCUT2D eigenvalue weighted by atomic mass is 10.1. The molecule has 0 aliphatic carbocycles. The van der Waals surface area contributed by atoms with E-state index in [1.165, 1.54) is 0 Å². The normalized spacial score (nSPS) is 10.1. The van der Waals surface area contributed by atoms with Gasteiger partial charge in [0.05, 0.1) is 13.7 Å². The van der Waals surface area contributed by atoms with Crippen molar-refractivity contribution < 1.29 is 14.2 Å². The topological polar surface area (TPSA) is 39.7 Å². The van der Waals surface area contributed by atoms with Gasteiger partial charge in [-0.3, -0.25) is 0 Å². The van der Waals surface area contributed by atoms with Crippen molar-refractivity contribution in [2.45, 2.75) is 19.9 Å². The minimum absolute atomic E-state index is 0.438. The van der Waals surface area contributed by atoms with Gasteiger partial charge in [0.25, 0.3) is 0 Å².